The molecule has 5 heteroatoms. The van der Waals surface area contributed by atoms with Crippen LogP contribution in [0.2, 0.25) is 0 Å². The molecule has 0 amide bonds. The van der Waals surface area contributed by atoms with E-state index in [1.54, 1.807) is 0 Å². The number of aromatic nitrogens is 4. The van der Waals surface area contributed by atoms with Gasteiger partial charge in [-0.05, 0) is 47.4 Å². The molecular formula is C17H18N4O. The van der Waals surface area contributed by atoms with Gasteiger partial charge in [0.2, 0.25) is 0 Å². The lowest BCUT2D eigenvalue weighted by molar-refractivity contribution is 0.307. The predicted molar refractivity (Wildman–Crippen MR) is 84.5 cm³/mol. The first-order chi connectivity index (χ1) is 10.9. The van der Waals surface area contributed by atoms with Crippen LogP contribution < -0.4 is 4.74 Å². The Morgan fingerprint density at radius 3 is 2.68 bits per heavy atom. The van der Waals surface area contributed by atoms with Gasteiger partial charge in [-0.15, -0.1) is 5.10 Å². The lowest BCUT2D eigenvalue weighted by Crippen LogP contribution is -1.98. The molecule has 3 aromatic rings. The van der Waals surface area contributed by atoms with Crippen molar-refractivity contribution in [2.75, 3.05) is 6.61 Å². The molecule has 0 bridgehead atoms. The molecule has 22 heavy (non-hydrogen) atoms. The Kier molecular flexibility index (Phi) is 4.77. The Balaban J connectivity index is 1.45. The average Bonchev–Trinajstić information content (AvgIpc) is 3.10. The van der Waals surface area contributed by atoms with Crippen molar-refractivity contribution in [3.63, 3.8) is 0 Å². The summed E-state index contributed by atoms with van der Waals surface area (Å²) >= 11 is 0. The number of aryl methyl sites for hydroxylation is 1. The van der Waals surface area contributed by atoms with Crippen molar-refractivity contribution in [1.29, 1.82) is 0 Å². The zero-order valence-corrected chi connectivity index (χ0v) is 12.3. The highest BCUT2D eigenvalue weighted by Crippen LogP contribution is 2.20. The van der Waals surface area contributed by atoms with Crippen LogP contribution in [0.3, 0.4) is 0 Å². The van der Waals surface area contributed by atoms with Gasteiger partial charge in [-0.3, -0.25) is 0 Å². The number of aromatic amines is 1. The van der Waals surface area contributed by atoms with E-state index in [-0.39, 0.29) is 0 Å². The van der Waals surface area contributed by atoms with Crippen molar-refractivity contribution < 1.29 is 4.74 Å². The molecule has 0 unspecified atom stereocenters. The molecule has 0 radical (unpaired) electrons. The predicted octanol–water partition coefficient (Wildman–Crippen LogP) is 3.27. The van der Waals surface area contributed by atoms with Crippen molar-refractivity contribution in [1.82, 2.24) is 20.6 Å². The largest absolute Gasteiger partial charge is 0.494 e. The van der Waals surface area contributed by atoms with Crippen LogP contribution in [0.5, 0.6) is 5.75 Å². The lowest BCUT2D eigenvalue weighted by atomic mass is 10.1. The summed E-state index contributed by atoms with van der Waals surface area (Å²) in [5.74, 6) is 1.49. The summed E-state index contributed by atoms with van der Waals surface area (Å²) in [6.45, 7) is 0.713. The average molecular weight is 294 g/mol. The maximum Gasteiger partial charge on any atom is 0.179 e. The summed E-state index contributed by atoms with van der Waals surface area (Å²) in [5, 5.41) is 13.8. The Labute approximate surface area is 129 Å². The second-order valence-corrected chi connectivity index (χ2v) is 5.07. The van der Waals surface area contributed by atoms with E-state index in [1.165, 1.54) is 5.56 Å². The van der Waals surface area contributed by atoms with Gasteiger partial charge in [0, 0.05) is 5.56 Å². The fourth-order valence-corrected chi connectivity index (χ4v) is 2.28. The van der Waals surface area contributed by atoms with Gasteiger partial charge in [0.05, 0.1) is 6.61 Å². The zero-order chi connectivity index (χ0) is 15.0. The number of ether oxygens (including phenoxy) is 1. The second kappa shape index (κ2) is 7.36. The molecule has 1 aromatic heterocycles. The van der Waals surface area contributed by atoms with Crippen LogP contribution in [-0.4, -0.2) is 27.2 Å². The first-order valence-electron chi connectivity index (χ1n) is 7.43. The van der Waals surface area contributed by atoms with E-state index < -0.39 is 0 Å². The molecular weight excluding hydrogens is 276 g/mol. The van der Waals surface area contributed by atoms with Gasteiger partial charge in [-0.25, -0.2) is 5.10 Å². The lowest BCUT2D eigenvalue weighted by Gasteiger charge is -2.07. The monoisotopic (exact) mass is 294 g/mol. The zero-order valence-electron chi connectivity index (χ0n) is 12.3. The minimum Gasteiger partial charge on any atom is -0.494 e. The van der Waals surface area contributed by atoms with Crippen LogP contribution in [0.1, 0.15) is 18.4 Å². The van der Waals surface area contributed by atoms with Gasteiger partial charge in [-0.2, -0.15) is 0 Å². The van der Waals surface area contributed by atoms with Crippen molar-refractivity contribution in [3.8, 4) is 17.1 Å². The van der Waals surface area contributed by atoms with Gasteiger partial charge in [0.15, 0.2) is 5.82 Å². The van der Waals surface area contributed by atoms with Gasteiger partial charge >= 0.3 is 0 Å². The molecule has 2 aromatic carbocycles. The third kappa shape index (κ3) is 3.91. The summed E-state index contributed by atoms with van der Waals surface area (Å²) in [7, 11) is 0. The minimum absolute atomic E-state index is 0.648. The molecule has 0 atom stereocenters. The van der Waals surface area contributed by atoms with Gasteiger partial charge in [0.1, 0.15) is 5.75 Å². The van der Waals surface area contributed by atoms with Crippen LogP contribution in [0.4, 0.5) is 0 Å². The number of nitrogens with zero attached hydrogens (tertiary/aromatic N) is 3. The number of unbranched alkanes of at least 4 members (excludes halogenated alkanes) is 1. The van der Waals surface area contributed by atoms with Gasteiger partial charge in [0.25, 0.3) is 0 Å². The van der Waals surface area contributed by atoms with Gasteiger partial charge in [-0.1, -0.05) is 42.5 Å². The van der Waals surface area contributed by atoms with Crippen LogP contribution in [-0.2, 0) is 6.42 Å². The highest BCUT2D eigenvalue weighted by atomic mass is 16.5. The second-order valence-electron chi connectivity index (χ2n) is 5.07. The number of nitrogens with one attached hydrogen (secondary N) is 1. The standard InChI is InChI=1S/C17H18N4O/c1-2-7-14(8-3-1)9-4-5-12-22-16-11-6-10-15(13-16)17-18-20-21-19-17/h1-3,6-8,10-11,13H,4-5,9,12H2,(H,18,19,20,21). The number of H-pyrrole nitrogens is 1. The molecule has 0 aliphatic rings. The smallest absolute Gasteiger partial charge is 0.179 e. The maximum absolute atomic E-state index is 5.80. The molecule has 0 saturated carbocycles. The molecule has 0 spiro atoms. The van der Waals surface area contributed by atoms with Crippen LogP contribution in [0.25, 0.3) is 11.4 Å². The van der Waals surface area contributed by atoms with E-state index in [4.69, 9.17) is 4.74 Å². The summed E-state index contributed by atoms with van der Waals surface area (Å²) < 4.78 is 5.80. The van der Waals surface area contributed by atoms with Crippen LogP contribution in [0.15, 0.2) is 54.6 Å². The molecule has 1 heterocycles. The van der Waals surface area contributed by atoms with E-state index in [0.717, 1.165) is 30.6 Å². The third-order valence-electron chi connectivity index (χ3n) is 3.42. The molecule has 112 valence electrons. The highest BCUT2D eigenvalue weighted by Gasteiger charge is 2.03. The molecule has 5 nitrogen and oxygen atoms in total. The number of hydrogen-bond acceptors (Lipinski definition) is 4. The van der Waals surface area contributed by atoms with E-state index >= 15 is 0 Å². The summed E-state index contributed by atoms with van der Waals surface area (Å²) in [6, 6.07) is 18.3. The molecule has 1 N–H and O–H groups in total. The number of benzene rings is 2. The summed E-state index contributed by atoms with van der Waals surface area (Å²) in [6.07, 6.45) is 3.24. The first-order valence-corrected chi connectivity index (χ1v) is 7.43. The first kappa shape index (κ1) is 14.3. The minimum atomic E-state index is 0.648. The third-order valence-corrected chi connectivity index (χ3v) is 3.42. The molecule has 0 aliphatic carbocycles. The SMILES string of the molecule is c1ccc(CCCCOc2cccc(-c3nnn[nH]3)c2)cc1. The topological polar surface area (TPSA) is 63.7 Å². The van der Waals surface area contributed by atoms with E-state index in [1.807, 2.05) is 30.3 Å². The van der Waals surface area contributed by atoms with Crippen LogP contribution in [0, 0.1) is 0 Å². The molecule has 0 saturated heterocycles. The molecule has 3 rings (SSSR count). The number of tetrazole rings is 1. The molecule has 0 fully saturated rings. The van der Waals surface area contributed by atoms with Gasteiger partial charge < -0.3 is 4.74 Å². The Morgan fingerprint density at radius 2 is 1.86 bits per heavy atom. The van der Waals surface area contributed by atoms with Crippen molar-refractivity contribution in [2.45, 2.75) is 19.3 Å². The van der Waals surface area contributed by atoms with E-state index in [0.29, 0.717) is 12.4 Å². The normalized spacial score (nSPS) is 10.5. The van der Waals surface area contributed by atoms with Crippen LogP contribution >= 0.6 is 0 Å². The number of hydrogen-bond donors (Lipinski definition) is 1. The quantitative estimate of drug-likeness (QED) is 0.679. The maximum atomic E-state index is 5.80. The Morgan fingerprint density at radius 1 is 0.955 bits per heavy atom. The van der Waals surface area contributed by atoms with E-state index in [9.17, 15) is 0 Å². The Hall–Kier alpha value is -2.69. The Bertz CT molecular complexity index is 683. The summed E-state index contributed by atoms with van der Waals surface area (Å²) in [5.41, 5.74) is 2.30. The van der Waals surface area contributed by atoms with Crippen molar-refractivity contribution >= 4 is 0 Å². The van der Waals surface area contributed by atoms with E-state index in [2.05, 4.69) is 44.9 Å². The van der Waals surface area contributed by atoms with Crippen molar-refractivity contribution in [3.05, 3.63) is 60.2 Å². The summed E-state index contributed by atoms with van der Waals surface area (Å²) in [4.78, 5) is 0. The highest BCUT2D eigenvalue weighted by molar-refractivity contribution is 5.56. The fraction of sp³-hybridized carbons (Fsp3) is 0.235. The van der Waals surface area contributed by atoms with Crippen molar-refractivity contribution in [2.24, 2.45) is 0 Å². The number of rotatable bonds is 7. The molecule has 0 aliphatic heterocycles. The fourth-order valence-electron chi connectivity index (χ4n) is 2.28.